The molecule has 1 amide bonds. The molecule has 6 nitrogen and oxygen atoms in total. The largest absolute Gasteiger partial charge is 0.368 e. The van der Waals surface area contributed by atoms with Crippen molar-refractivity contribution >= 4 is 46.5 Å². The zero-order valence-corrected chi connectivity index (χ0v) is 18.2. The highest BCUT2D eigenvalue weighted by Crippen LogP contribution is 2.22. The van der Waals surface area contributed by atoms with E-state index in [0.29, 0.717) is 15.9 Å². The van der Waals surface area contributed by atoms with E-state index in [4.69, 9.17) is 11.6 Å². The second-order valence-corrected chi connectivity index (χ2v) is 8.37. The normalized spacial score (nSPS) is 13.9. The summed E-state index contributed by atoms with van der Waals surface area (Å²) in [5.41, 5.74) is 1.68. The summed E-state index contributed by atoms with van der Waals surface area (Å²) in [4.78, 5) is 25.5. The number of halogens is 2. The second kappa shape index (κ2) is 9.98. The van der Waals surface area contributed by atoms with Gasteiger partial charge in [-0.3, -0.25) is 4.79 Å². The first-order chi connectivity index (χ1) is 15.1. The molecule has 1 N–H and O–H groups in total. The van der Waals surface area contributed by atoms with Gasteiger partial charge >= 0.3 is 0 Å². The van der Waals surface area contributed by atoms with E-state index in [1.54, 1.807) is 42.6 Å². The topological polar surface area (TPSA) is 61.4 Å². The van der Waals surface area contributed by atoms with Gasteiger partial charge in [-0.15, -0.1) is 0 Å². The zero-order chi connectivity index (χ0) is 21.6. The molecule has 2 heterocycles. The molecular formula is C22H21ClFN5OS. The van der Waals surface area contributed by atoms with E-state index in [1.807, 2.05) is 6.07 Å². The lowest BCUT2D eigenvalue weighted by Crippen LogP contribution is -2.46. The minimum Gasteiger partial charge on any atom is -0.368 e. The molecule has 0 spiro atoms. The van der Waals surface area contributed by atoms with Crippen molar-refractivity contribution in [2.75, 3.05) is 47.0 Å². The van der Waals surface area contributed by atoms with Gasteiger partial charge in [-0.2, -0.15) is 0 Å². The average Bonchev–Trinajstić information content (AvgIpc) is 2.79. The number of hydrogen-bond acceptors (Lipinski definition) is 6. The third kappa shape index (κ3) is 5.86. The van der Waals surface area contributed by atoms with E-state index >= 15 is 0 Å². The maximum absolute atomic E-state index is 13.1. The molecule has 1 aliphatic rings. The molecule has 0 aliphatic carbocycles. The van der Waals surface area contributed by atoms with Gasteiger partial charge in [-0.25, -0.2) is 14.4 Å². The van der Waals surface area contributed by atoms with Gasteiger partial charge in [0.2, 0.25) is 5.91 Å². The number of rotatable bonds is 6. The van der Waals surface area contributed by atoms with Crippen LogP contribution in [0.4, 0.5) is 21.6 Å². The molecule has 31 heavy (non-hydrogen) atoms. The molecule has 0 radical (unpaired) electrons. The van der Waals surface area contributed by atoms with Crippen LogP contribution in [-0.4, -0.2) is 47.8 Å². The number of hydrogen-bond donors (Lipinski definition) is 1. The monoisotopic (exact) mass is 457 g/mol. The number of carbonyl (C=O) groups is 1. The standard InChI is InChI=1S/C22H21ClFN5OS/c23-16-2-1-3-18(14-16)26-21(30)15-31-22-25-9-8-20(27-22)29-12-10-28(11-13-29)19-6-4-17(24)5-7-19/h1-9,14H,10-13,15H2,(H,26,30). The van der Waals surface area contributed by atoms with Crippen LogP contribution in [0.2, 0.25) is 5.02 Å². The molecule has 3 aromatic rings. The minimum absolute atomic E-state index is 0.144. The van der Waals surface area contributed by atoms with E-state index in [1.165, 1.54) is 23.9 Å². The predicted molar refractivity (Wildman–Crippen MR) is 124 cm³/mol. The average molecular weight is 458 g/mol. The van der Waals surface area contributed by atoms with Crippen molar-refractivity contribution < 1.29 is 9.18 Å². The van der Waals surface area contributed by atoms with Crippen molar-refractivity contribution in [2.45, 2.75) is 5.16 Å². The first-order valence-electron chi connectivity index (χ1n) is 9.83. The van der Waals surface area contributed by atoms with Crippen molar-refractivity contribution in [1.82, 2.24) is 9.97 Å². The minimum atomic E-state index is -0.227. The number of amides is 1. The van der Waals surface area contributed by atoms with Gasteiger partial charge in [0.25, 0.3) is 0 Å². The smallest absolute Gasteiger partial charge is 0.234 e. The third-order valence-corrected chi connectivity index (χ3v) is 5.95. The highest BCUT2D eigenvalue weighted by Gasteiger charge is 2.19. The SMILES string of the molecule is O=C(CSc1nccc(N2CCN(c3ccc(F)cc3)CC2)n1)Nc1cccc(Cl)c1. The summed E-state index contributed by atoms with van der Waals surface area (Å²) in [6.07, 6.45) is 1.71. The summed E-state index contributed by atoms with van der Waals surface area (Å²) in [7, 11) is 0. The molecule has 9 heteroatoms. The first kappa shape index (κ1) is 21.4. The van der Waals surface area contributed by atoms with Crippen molar-refractivity contribution in [2.24, 2.45) is 0 Å². The summed E-state index contributed by atoms with van der Waals surface area (Å²) in [5.74, 6) is 0.671. The van der Waals surface area contributed by atoms with Gasteiger partial charge in [0.15, 0.2) is 5.16 Å². The van der Waals surface area contributed by atoms with Crippen LogP contribution < -0.4 is 15.1 Å². The fourth-order valence-electron chi connectivity index (χ4n) is 3.32. The van der Waals surface area contributed by atoms with E-state index in [-0.39, 0.29) is 17.5 Å². The lowest BCUT2D eigenvalue weighted by Gasteiger charge is -2.36. The highest BCUT2D eigenvalue weighted by molar-refractivity contribution is 7.99. The van der Waals surface area contributed by atoms with Crippen LogP contribution in [0.25, 0.3) is 0 Å². The Bertz CT molecular complexity index is 1040. The number of aromatic nitrogens is 2. The Morgan fingerprint density at radius 3 is 2.55 bits per heavy atom. The van der Waals surface area contributed by atoms with Crippen LogP contribution in [0.15, 0.2) is 66.0 Å². The van der Waals surface area contributed by atoms with Gasteiger partial charge in [-0.1, -0.05) is 29.4 Å². The Morgan fingerprint density at radius 1 is 1.06 bits per heavy atom. The molecule has 160 valence electrons. The zero-order valence-electron chi connectivity index (χ0n) is 16.7. The number of benzene rings is 2. The summed E-state index contributed by atoms with van der Waals surface area (Å²) in [6.45, 7) is 3.24. The molecule has 1 aliphatic heterocycles. The number of piperazine rings is 1. The third-order valence-electron chi connectivity index (χ3n) is 4.85. The van der Waals surface area contributed by atoms with E-state index in [0.717, 1.165) is 37.7 Å². The number of anilines is 3. The summed E-state index contributed by atoms with van der Waals surface area (Å²) >= 11 is 7.23. The molecule has 0 bridgehead atoms. The Balaban J connectivity index is 1.30. The van der Waals surface area contributed by atoms with Gasteiger partial charge < -0.3 is 15.1 Å². The second-order valence-electron chi connectivity index (χ2n) is 7.00. The van der Waals surface area contributed by atoms with Gasteiger partial charge in [-0.05, 0) is 48.5 Å². The molecule has 2 aromatic carbocycles. The molecule has 0 unspecified atom stereocenters. The summed E-state index contributed by atoms with van der Waals surface area (Å²) < 4.78 is 13.1. The fourth-order valence-corrected chi connectivity index (χ4v) is 4.13. The summed E-state index contributed by atoms with van der Waals surface area (Å²) in [5, 5.41) is 3.94. The quantitative estimate of drug-likeness (QED) is 0.439. The van der Waals surface area contributed by atoms with Gasteiger partial charge in [0.1, 0.15) is 11.6 Å². The number of thioether (sulfide) groups is 1. The Hall–Kier alpha value is -2.84. The van der Waals surface area contributed by atoms with E-state index in [2.05, 4.69) is 25.1 Å². The lowest BCUT2D eigenvalue weighted by molar-refractivity contribution is -0.113. The van der Waals surface area contributed by atoms with Crippen LogP contribution in [0, 0.1) is 5.82 Å². The van der Waals surface area contributed by atoms with Crippen LogP contribution in [-0.2, 0) is 4.79 Å². The van der Waals surface area contributed by atoms with Crippen LogP contribution >= 0.6 is 23.4 Å². The van der Waals surface area contributed by atoms with E-state index < -0.39 is 0 Å². The Labute approximate surface area is 189 Å². The van der Waals surface area contributed by atoms with Crippen LogP contribution in [0.3, 0.4) is 0 Å². The Morgan fingerprint density at radius 2 is 1.81 bits per heavy atom. The van der Waals surface area contributed by atoms with Crippen LogP contribution in [0.5, 0.6) is 0 Å². The summed E-state index contributed by atoms with van der Waals surface area (Å²) in [6, 6.07) is 15.5. The van der Waals surface area contributed by atoms with E-state index in [9.17, 15) is 9.18 Å². The van der Waals surface area contributed by atoms with Gasteiger partial charge in [0, 0.05) is 48.8 Å². The van der Waals surface area contributed by atoms with Crippen molar-refractivity contribution in [3.63, 3.8) is 0 Å². The number of carbonyl (C=O) groups excluding carboxylic acids is 1. The lowest BCUT2D eigenvalue weighted by atomic mass is 10.2. The molecule has 0 saturated carbocycles. The van der Waals surface area contributed by atoms with Crippen molar-refractivity contribution in [3.05, 3.63) is 71.6 Å². The molecule has 1 fully saturated rings. The number of nitrogens with one attached hydrogen (secondary N) is 1. The van der Waals surface area contributed by atoms with Gasteiger partial charge in [0.05, 0.1) is 5.75 Å². The Kier molecular flexibility index (Phi) is 6.89. The van der Waals surface area contributed by atoms with Crippen molar-refractivity contribution in [1.29, 1.82) is 0 Å². The molecule has 1 saturated heterocycles. The van der Waals surface area contributed by atoms with Crippen LogP contribution in [0.1, 0.15) is 0 Å². The predicted octanol–water partition coefficient (Wildman–Crippen LogP) is 4.33. The van der Waals surface area contributed by atoms with Crippen molar-refractivity contribution in [3.8, 4) is 0 Å². The maximum Gasteiger partial charge on any atom is 0.234 e. The highest BCUT2D eigenvalue weighted by atomic mass is 35.5. The number of nitrogens with zero attached hydrogens (tertiary/aromatic N) is 4. The molecular weight excluding hydrogens is 437 g/mol. The maximum atomic E-state index is 13.1. The molecule has 4 rings (SSSR count). The molecule has 0 atom stereocenters. The first-order valence-corrected chi connectivity index (χ1v) is 11.2. The fraction of sp³-hybridized carbons (Fsp3) is 0.227. The molecule has 1 aromatic heterocycles.